The second-order valence-electron chi connectivity index (χ2n) is 10.2. The Bertz CT molecular complexity index is 1600. The smallest absolute Gasteiger partial charge is 0.229 e. The number of nitrogens with two attached hydrogens (primary N) is 1. The number of benzene rings is 1. The maximum Gasteiger partial charge on any atom is 0.229 e. The first-order chi connectivity index (χ1) is 17.9. The fourth-order valence-electron chi connectivity index (χ4n) is 5.02. The summed E-state index contributed by atoms with van der Waals surface area (Å²) >= 11 is 0. The van der Waals surface area contributed by atoms with Gasteiger partial charge in [0.05, 0.1) is 45.4 Å². The molecule has 4 atom stereocenters. The summed E-state index contributed by atoms with van der Waals surface area (Å²) in [6.07, 6.45) is 7.10. The van der Waals surface area contributed by atoms with Crippen LogP contribution in [0.4, 0.5) is 20.4 Å². The van der Waals surface area contributed by atoms with Crippen molar-refractivity contribution in [2.24, 2.45) is 11.7 Å². The minimum absolute atomic E-state index is 0.0207. The van der Waals surface area contributed by atoms with E-state index < -0.39 is 43.6 Å². The van der Waals surface area contributed by atoms with Crippen molar-refractivity contribution in [3.05, 3.63) is 66.1 Å². The first-order valence-electron chi connectivity index (χ1n) is 12.1. The molecule has 1 saturated carbocycles. The van der Waals surface area contributed by atoms with Crippen molar-refractivity contribution < 1.29 is 22.3 Å². The predicted molar refractivity (Wildman–Crippen MR) is 139 cm³/mol. The molecule has 4 N–H and O–H groups in total. The molecule has 0 spiro atoms. The number of imidazole rings is 1. The monoisotopic (exact) mass is 542 g/mol. The number of aromatic nitrogens is 4. The third-order valence-corrected chi connectivity index (χ3v) is 8.64. The van der Waals surface area contributed by atoms with Gasteiger partial charge < -0.3 is 16.2 Å². The quantitative estimate of drug-likeness (QED) is 0.347. The van der Waals surface area contributed by atoms with Crippen LogP contribution in [0.3, 0.4) is 0 Å². The maximum absolute atomic E-state index is 14.9. The standard InChI is InChI=1S/C26H28F2N6O3S/c1-14-8-15(9-23(29)26(14,2)35)18-6-7-30-13-22(18)32-25-31-12-16-4-5-21(33-34(16)25)24-19(27)10-17(11-20(24)28)38(3,36)37/h4-7,10-15,23,35H,8-9,29H2,1-3H3,(H,31,32). The van der Waals surface area contributed by atoms with Crippen molar-refractivity contribution in [1.82, 2.24) is 19.6 Å². The summed E-state index contributed by atoms with van der Waals surface area (Å²) in [4.78, 5) is 8.17. The van der Waals surface area contributed by atoms with Crippen molar-refractivity contribution in [1.29, 1.82) is 0 Å². The lowest BCUT2D eigenvalue weighted by atomic mass is 9.68. The highest BCUT2D eigenvalue weighted by molar-refractivity contribution is 7.90. The van der Waals surface area contributed by atoms with Gasteiger partial charge in [-0.3, -0.25) is 4.98 Å². The Morgan fingerprint density at radius 2 is 1.87 bits per heavy atom. The van der Waals surface area contributed by atoms with E-state index in [4.69, 9.17) is 5.73 Å². The molecule has 38 heavy (non-hydrogen) atoms. The van der Waals surface area contributed by atoms with E-state index in [2.05, 4.69) is 20.4 Å². The Morgan fingerprint density at radius 1 is 1.16 bits per heavy atom. The maximum atomic E-state index is 14.9. The van der Waals surface area contributed by atoms with Crippen molar-refractivity contribution in [3.8, 4) is 11.3 Å². The summed E-state index contributed by atoms with van der Waals surface area (Å²) in [5.41, 5.74) is 7.08. The molecule has 12 heteroatoms. The fourth-order valence-corrected chi connectivity index (χ4v) is 5.66. The van der Waals surface area contributed by atoms with Gasteiger partial charge in [0.2, 0.25) is 5.95 Å². The molecule has 200 valence electrons. The largest absolute Gasteiger partial charge is 0.388 e. The zero-order valence-corrected chi connectivity index (χ0v) is 21.9. The predicted octanol–water partition coefficient (Wildman–Crippen LogP) is 3.81. The van der Waals surface area contributed by atoms with Gasteiger partial charge in [-0.2, -0.15) is 9.61 Å². The SMILES string of the molecule is CC1CC(c2ccncc2Nc2ncc3ccc(-c4c(F)cc(S(C)(=O)=O)cc4F)nn23)CC(N)C1(C)O. The zero-order valence-electron chi connectivity index (χ0n) is 21.1. The lowest BCUT2D eigenvalue weighted by molar-refractivity contribution is -0.0463. The number of anilines is 2. The first kappa shape index (κ1) is 26.1. The Labute approximate surface area is 218 Å². The normalized spacial score (nSPS) is 24.0. The average molecular weight is 543 g/mol. The molecule has 1 aliphatic rings. The average Bonchev–Trinajstić information content (AvgIpc) is 3.24. The molecule has 3 aromatic heterocycles. The second-order valence-corrected chi connectivity index (χ2v) is 12.2. The lowest BCUT2D eigenvalue weighted by Gasteiger charge is -2.44. The first-order valence-corrected chi connectivity index (χ1v) is 14.0. The lowest BCUT2D eigenvalue weighted by Crippen LogP contribution is -2.54. The summed E-state index contributed by atoms with van der Waals surface area (Å²) in [5.74, 6) is -1.74. The molecule has 5 rings (SSSR count). The van der Waals surface area contributed by atoms with E-state index in [1.807, 2.05) is 13.0 Å². The Balaban J connectivity index is 1.51. The topological polar surface area (TPSA) is 136 Å². The highest BCUT2D eigenvalue weighted by Gasteiger charge is 2.42. The molecule has 0 aliphatic heterocycles. The highest BCUT2D eigenvalue weighted by atomic mass is 32.2. The number of halogens is 2. The van der Waals surface area contributed by atoms with E-state index in [0.29, 0.717) is 23.6 Å². The number of pyridine rings is 1. The molecule has 0 bridgehead atoms. The van der Waals surface area contributed by atoms with Gasteiger partial charge in [0.15, 0.2) is 9.84 Å². The van der Waals surface area contributed by atoms with E-state index in [0.717, 1.165) is 30.4 Å². The molecule has 1 aliphatic carbocycles. The summed E-state index contributed by atoms with van der Waals surface area (Å²) in [6.45, 7) is 3.75. The van der Waals surface area contributed by atoms with E-state index in [-0.39, 0.29) is 17.5 Å². The van der Waals surface area contributed by atoms with Crippen LogP contribution in [0.15, 0.2) is 53.8 Å². The molecule has 0 saturated heterocycles. The van der Waals surface area contributed by atoms with Crippen LogP contribution in [0.1, 0.15) is 38.2 Å². The van der Waals surface area contributed by atoms with E-state index in [1.165, 1.54) is 10.6 Å². The van der Waals surface area contributed by atoms with Gasteiger partial charge in [0, 0.05) is 18.5 Å². The van der Waals surface area contributed by atoms with Crippen LogP contribution in [0.5, 0.6) is 0 Å². The summed E-state index contributed by atoms with van der Waals surface area (Å²) in [5, 5.41) is 18.4. The number of hydrogen-bond acceptors (Lipinski definition) is 8. The van der Waals surface area contributed by atoms with Gasteiger partial charge in [-0.05, 0) is 67.5 Å². The van der Waals surface area contributed by atoms with Crippen LogP contribution in [0, 0.1) is 17.6 Å². The van der Waals surface area contributed by atoms with Crippen LogP contribution >= 0.6 is 0 Å². The van der Waals surface area contributed by atoms with E-state index >= 15 is 0 Å². The molecule has 1 aromatic carbocycles. The van der Waals surface area contributed by atoms with Crippen LogP contribution in [-0.2, 0) is 9.84 Å². The molecule has 0 radical (unpaired) electrons. The van der Waals surface area contributed by atoms with Gasteiger partial charge in [0.25, 0.3) is 0 Å². The number of hydrogen-bond donors (Lipinski definition) is 3. The molecule has 4 aromatic rings. The Hall–Kier alpha value is -3.48. The molecular weight excluding hydrogens is 514 g/mol. The molecule has 4 unspecified atom stereocenters. The fraction of sp³-hybridized carbons (Fsp3) is 0.346. The molecule has 0 amide bonds. The van der Waals surface area contributed by atoms with Crippen LogP contribution in [-0.4, -0.2) is 51.0 Å². The van der Waals surface area contributed by atoms with Crippen LogP contribution < -0.4 is 11.1 Å². The second kappa shape index (κ2) is 9.37. The van der Waals surface area contributed by atoms with Crippen molar-refractivity contribution >= 4 is 27.0 Å². The molecule has 3 heterocycles. The number of sulfone groups is 1. The number of rotatable bonds is 5. The molecule has 1 fully saturated rings. The molecular formula is C26H28F2N6O3S. The number of nitrogens with one attached hydrogen (secondary N) is 1. The van der Waals surface area contributed by atoms with Gasteiger partial charge in [-0.1, -0.05) is 6.92 Å². The minimum Gasteiger partial charge on any atom is -0.388 e. The van der Waals surface area contributed by atoms with Crippen LogP contribution in [0.25, 0.3) is 16.8 Å². The van der Waals surface area contributed by atoms with E-state index in [1.54, 1.807) is 31.6 Å². The highest BCUT2D eigenvalue weighted by Crippen LogP contribution is 2.43. The van der Waals surface area contributed by atoms with Crippen molar-refractivity contribution in [3.63, 3.8) is 0 Å². The summed E-state index contributed by atoms with van der Waals surface area (Å²) < 4.78 is 54.6. The van der Waals surface area contributed by atoms with Crippen LogP contribution in [0.2, 0.25) is 0 Å². The number of aliphatic hydroxyl groups is 1. The van der Waals surface area contributed by atoms with E-state index in [9.17, 15) is 22.3 Å². The molecule has 9 nitrogen and oxygen atoms in total. The van der Waals surface area contributed by atoms with Gasteiger partial charge >= 0.3 is 0 Å². The van der Waals surface area contributed by atoms with Gasteiger partial charge in [-0.15, -0.1) is 0 Å². The van der Waals surface area contributed by atoms with Crippen molar-refractivity contribution in [2.45, 2.75) is 49.1 Å². The Kier molecular flexibility index (Phi) is 6.44. The minimum atomic E-state index is -3.79. The number of nitrogens with zero attached hydrogens (tertiary/aromatic N) is 4. The Morgan fingerprint density at radius 3 is 2.53 bits per heavy atom. The zero-order chi connectivity index (χ0) is 27.4. The third-order valence-electron chi connectivity index (χ3n) is 7.55. The summed E-state index contributed by atoms with van der Waals surface area (Å²) in [6, 6.07) is 6.11. The number of fused-ring (bicyclic) bond motifs is 1. The third kappa shape index (κ3) is 4.63. The van der Waals surface area contributed by atoms with Gasteiger partial charge in [-0.25, -0.2) is 22.2 Å². The van der Waals surface area contributed by atoms with Crippen molar-refractivity contribution in [2.75, 3.05) is 11.6 Å². The van der Waals surface area contributed by atoms with Gasteiger partial charge in [0.1, 0.15) is 11.6 Å². The summed E-state index contributed by atoms with van der Waals surface area (Å²) in [7, 11) is -3.79.